The van der Waals surface area contributed by atoms with Gasteiger partial charge in [0.1, 0.15) is 0 Å². The third-order valence-corrected chi connectivity index (χ3v) is 5.13. The number of aliphatic imine (C=N–C) groups is 1. The van der Waals surface area contributed by atoms with Gasteiger partial charge >= 0.3 is 0 Å². The highest BCUT2D eigenvalue weighted by Crippen LogP contribution is 2.21. The van der Waals surface area contributed by atoms with Crippen LogP contribution in [-0.4, -0.2) is 50.3 Å². The lowest BCUT2D eigenvalue weighted by Gasteiger charge is -2.22. The first-order chi connectivity index (χ1) is 10.7. The van der Waals surface area contributed by atoms with Crippen LogP contribution in [0.4, 0.5) is 0 Å². The number of hydrogen-bond acceptors (Lipinski definition) is 3. The fourth-order valence-corrected chi connectivity index (χ4v) is 3.53. The molecule has 1 aliphatic heterocycles. The maximum absolute atomic E-state index is 5.57. The minimum Gasteiger partial charge on any atom is -0.381 e. The largest absolute Gasteiger partial charge is 0.381 e. The Bertz CT molecular complexity index is 453. The minimum atomic E-state index is 0. The summed E-state index contributed by atoms with van der Waals surface area (Å²) in [6.45, 7) is 12.0. The molecule has 0 radical (unpaired) electrons. The number of thiophene rings is 1. The van der Waals surface area contributed by atoms with E-state index >= 15 is 0 Å². The highest BCUT2D eigenvalue weighted by molar-refractivity contribution is 14.0. The van der Waals surface area contributed by atoms with Crippen molar-refractivity contribution >= 4 is 41.3 Å². The maximum atomic E-state index is 5.57. The van der Waals surface area contributed by atoms with Gasteiger partial charge in [-0.3, -0.25) is 4.99 Å². The van der Waals surface area contributed by atoms with Crippen molar-refractivity contribution in [2.75, 3.05) is 39.4 Å². The molecule has 2 rings (SSSR count). The number of nitrogens with zero attached hydrogens (tertiary/aromatic N) is 2. The second-order valence-electron chi connectivity index (χ2n) is 5.87. The summed E-state index contributed by atoms with van der Waals surface area (Å²) in [5.74, 6) is 2.18. The molecule has 1 aliphatic rings. The molecule has 132 valence electrons. The highest BCUT2D eigenvalue weighted by Gasteiger charge is 2.25. The number of guanidine groups is 1. The van der Waals surface area contributed by atoms with Crippen LogP contribution in [0, 0.1) is 5.92 Å². The SMILES string of the molecule is CCNC(=NCC(C)c1cccs1)N1CCC(COCC)C1.I. The second kappa shape index (κ2) is 11.3. The summed E-state index contributed by atoms with van der Waals surface area (Å²) < 4.78 is 5.57. The van der Waals surface area contributed by atoms with E-state index in [9.17, 15) is 0 Å². The molecule has 0 spiro atoms. The minimum absolute atomic E-state index is 0. The molecule has 1 aromatic heterocycles. The normalized spacial score (nSPS) is 19.5. The quantitative estimate of drug-likeness (QED) is 0.390. The topological polar surface area (TPSA) is 36.9 Å². The summed E-state index contributed by atoms with van der Waals surface area (Å²) in [5.41, 5.74) is 0. The van der Waals surface area contributed by atoms with Crippen LogP contribution < -0.4 is 5.32 Å². The Labute approximate surface area is 161 Å². The molecule has 0 aromatic carbocycles. The summed E-state index contributed by atoms with van der Waals surface area (Å²) in [4.78, 5) is 8.66. The van der Waals surface area contributed by atoms with Crippen LogP contribution in [0.15, 0.2) is 22.5 Å². The van der Waals surface area contributed by atoms with Crippen LogP contribution in [0.1, 0.15) is 38.0 Å². The van der Waals surface area contributed by atoms with Crippen molar-refractivity contribution in [3.63, 3.8) is 0 Å². The van der Waals surface area contributed by atoms with Crippen molar-refractivity contribution < 1.29 is 4.74 Å². The van der Waals surface area contributed by atoms with Crippen LogP contribution in [0.2, 0.25) is 0 Å². The third-order valence-electron chi connectivity index (χ3n) is 4.02. The molecule has 2 atom stereocenters. The fourth-order valence-electron chi connectivity index (χ4n) is 2.76. The van der Waals surface area contributed by atoms with Crippen molar-refractivity contribution in [1.82, 2.24) is 10.2 Å². The number of hydrogen-bond donors (Lipinski definition) is 1. The summed E-state index contributed by atoms with van der Waals surface area (Å²) in [6, 6.07) is 4.32. The van der Waals surface area contributed by atoms with Crippen LogP contribution in [0.5, 0.6) is 0 Å². The summed E-state index contributed by atoms with van der Waals surface area (Å²) >= 11 is 1.82. The molecule has 1 fully saturated rings. The van der Waals surface area contributed by atoms with E-state index < -0.39 is 0 Å². The molecule has 0 bridgehead atoms. The summed E-state index contributed by atoms with van der Waals surface area (Å²) in [5, 5.41) is 5.58. The van der Waals surface area contributed by atoms with Crippen LogP contribution >= 0.6 is 35.3 Å². The average Bonchev–Trinajstić information content (AvgIpc) is 3.20. The van der Waals surface area contributed by atoms with Gasteiger partial charge in [-0.05, 0) is 31.7 Å². The van der Waals surface area contributed by atoms with Gasteiger partial charge in [0.05, 0.1) is 13.2 Å². The zero-order valence-corrected chi connectivity index (χ0v) is 17.6. The summed E-state index contributed by atoms with van der Waals surface area (Å²) in [6.07, 6.45) is 1.20. The smallest absolute Gasteiger partial charge is 0.193 e. The van der Waals surface area contributed by atoms with E-state index in [1.807, 2.05) is 11.3 Å². The van der Waals surface area contributed by atoms with E-state index in [4.69, 9.17) is 9.73 Å². The number of ether oxygens (including phenoxy) is 1. The van der Waals surface area contributed by atoms with E-state index in [1.165, 1.54) is 11.3 Å². The standard InChI is InChI=1S/C17H29N3OS.HI/c1-4-18-17(19-11-14(3)16-7-6-10-22-16)20-9-8-15(12-20)13-21-5-2;/h6-7,10,14-15H,4-5,8-9,11-13H2,1-3H3,(H,18,19);1H. The van der Waals surface area contributed by atoms with Gasteiger partial charge in [-0.2, -0.15) is 0 Å². The lowest BCUT2D eigenvalue weighted by Crippen LogP contribution is -2.40. The molecule has 23 heavy (non-hydrogen) atoms. The maximum Gasteiger partial charge on any atom is 0.193 e. The molecule has 0 aliphatic carbocycles. The van der Waals surface area contributed by atoms with E-state index in [2.05, 4.69) is 48.5 Å². The van der Waals surface area contributed by atoms with E-state index in [0.29, 0.717) is 11.8 Å². The van der Waals surface area contributed by atoms with Crippen molar-refractivity contribution in [2.24, 2.45) is 10.9 Å². The second-order valence-corrected chi connectivity index (χ2v) is 6.85. The molecule has 1 aromatic rings. The van der Waals surface area contributed by atoms with Gasteiger partial charge < -0.3 is 15.0 Å². The van der Waals surface area contributed by atoms with Crippen LogP contribution in [0.3, 0.4) is 0 Å². The van der Waals surface area contributed by atoms with Gasteiger partial charge in [0.15, 0.2) is 5.96 Å². The zero-order valence-electron chi connectivity index (χ0n) is 14.5. The number of likely N-dealkylation sites (tertiary alicyclic amines) is 1. The van der Waals surface area contributed by atoms with Crippen molar-refractivity contribution in [1.29, 1.82) is 0 Å². The predicted octanol–water partition coefficient (Wildman–Crippen LogP) is 3.79. The molecule has 0 amide bonds. The fraction of sp³-hybridized carbons (Fsp3) is 0.706. The Kier molecular flexibility index (Phi) is 10.1. The molecule has 6 heteroatoms. The van der Waals surface area contributed by atoms with Gasteiger partial charge in [-0.25, -0.2) is 0 Å². The molecule has 1 N–H and O–H groups in total. The van der Waals surface area contributed by atoms with Gasteiger partial charge in [0.2, 0.25) is 0 Å². The molecular weight excluding hydrogens is 421 g/mol. The number of halogens is 1. The van der Waals surface area contributed by atoms with Crippen LogP contribution in [-0.2, 0) is 4.74 Å². The van der Waals surface area contributed by atoms with E-state index in [1.54, 1.807) is 0 Å². The molecule has 0 saturated carbocycles. The Hall–Kier alpha value is -0.340. The summed E-state index contributed by atoms with van der Waals surface area (Å²) in [7, 11) is 0. The first kappa shape index (κ1) is 20.7. The van der Waals surface area contributed by atoms with Crippen molar-refractivity contribution in [3.8, 4) is 0 Å². The van der Waals surface area contributed by atoms with Crippen molar-refractivity contribution in [3.05, 3.63) is 22.4 Å². The Morgan fingerprint density at radius 2 is 2.35 bits per heavy atom. The van der Waals surface area contributed by atoms with Gasteiger partial charge in [0.25, 0.3) is 0 Å². The Balaban J connectivity index is 0.00000264. The molecule has 2 heterocycles. The zero-order chi connectivity index (χ0) is 15.8. The van der Waals surface area contributed by atoms with Gasteiger partial charge in [0, 0.05) is 43.0 Å². The Morgan fingerprint density at radius 1 is 1.52 bits per heavy atom. The monoisotopic (exact) mass is 451 g/mol. The Morgan fingerprint density at radius 3 is 3.00 bits per heavy atom. The number of rotatable bonds is 7. The third kappa shape index (κ3) is 6.58. The molecule has 1 saturated heterocycles. The van der Waals surface area contributed by atoms with Crippen molar-refractivity contribution in [2.45, 2.75) is 33.1 Å². The average molecular weight is 451 g/mol. The molecular formula is C17H30IN3OS. The van der Waals surface area contributed by atoms with E-state index in [-0.39, 0.29) is 24.0 Å². The highest BCUT2D eigenvalue weighted by atomic mass is 127. The van der Waals surface area contributed by atoms with Gasteiger partial charge in [-0.15, -0.1) is 35.3 Å². The molecule has 2 unspecified atom stereocenters. The van der Waals surface area contributed by atoms with Crippen LogP contribution in [0.25, 0.3) is 0 Å². The van der Waals surface area contributed by atoms with Gasteiger partial charge in [-0.1, -0.05) is 13.0 Å². The van der Waals surface area contributed by atoms with E-state index in [0.717, 1.165) is 45.4 Å². The first-order valence-electron chi connectivity index (χ1n) is 8.39. The lowest BCUT2D eigenvalue weighted by molar-refractivity contribution is 0.114. The predicted molar refractivity (Wildman–Crippen MR) is 110 cm³/mol. The number of nitrogens with one attached hydrogen (secondary N) is 1. The lowest BCUT2D eigenvalue weighted by atomic mass is 10.1. The molecule has 4 nitrogen and oxygen atoms in total. The first-order valence-corrected chi connectivity index (χ1v) is 9.26.